The molecule has 1 aliphatic heterocycles. The van der Waals surface area contributed by atoms with Crippen LogP contribution in [0.1, 0.15) is 32.4 Å². The molecule has 0 saturated carbocycles. The van der Waals surface area contributed by atoms with E-state index in [1.54, 1.807) is 6.20 Å². The van der Waals surface area contributed by atoms with Crippen molar-refractivity contribution >= 4 is 11.6 Å². The zero-order chi connectivity index (χ0) is 14.0. The van der Waals surface area contributed by atoms with Gasteiger partial charge in [0.05, 0.1) is 29.0 Å². The second-order valence-electron chi connectivity index (χ2n) is 6.02. The van der Waals surface area contributed by atoms with Crippen molar-refractivity contribution in [2.45, 2.75) is 38.8 Å². The summed E-state index contributed by atoms with van der Waals surface area (Å²) in [5.41, 5.74) is 1.16. The van der Waals surface area contributed by atoms with Gasteiger partial charge in [-0.2, -0.15) is 5.10 Å². The van der Waals surface area contributed by atoms with E-state index in [1.807, 2.05) is 0 Å². The Morgan fingerprint density at radius 3 is 2.79 bits per heavy atom. The number of rotatable bonds is 5. The summed E-state index contributed by atoms with van der Waals surface area (Å²) in [5.74, 6) is 0.502. The van der Waals surface area contributed by atoms with Gasteiger partial charge >= 0.3 is 0 Å². The molecule has 0 spiro atoms. The Balaban J connectivity index is 2.34. The first-order valence-corrected chi connectivity index (χ1v) is 7.46. The van der Waals surface area contributed by atoms with Crippen molar-refractivity contribution in [1.82, 2.24) is 20.0 Å². The van der Waals surface area contributed by atoms with E-state index in [-0.39, 0.29) is 5.54 Å². The highest BCUT2D eigenvalue weighted by Crippen LogP contribution is 2.40. The summed E-state index contributed by atoms with van der Waals surface area (Å²) in [5, 5.41) is 8.95. The first-order valence-electron chi connectivity index (χ1n) is 7.09. The fourth-order valence-electron chi connectivity index (χ4n) is 3.01. The topological polar surface area (TPSA) is 33.1 Å². The molecule has 1 fully saturated rings. The number of hydrogen-bond acceptors (Lipinski definition) is 3. The zero-order valence-corrected chi connectivity index (χ0v) is 13.2. The summed E-state index contributed by atoms with van der Waals surface area (Å²) in [7, 11) is 4.16. The molecule has 0 bridgehead atoms. The quantitative estimate of drug-likeness (QED) is 0.901. The molecule has 1 saturated heterocycles. The minimum atomic E-state index is -0.0140. The Kier molecular flexibility index (Phi) is 4.54. The van der Waals surface area contributed by atoms with Crippen LogP contribution in [0, 0.1) is 5.92 Å². The molecule has 2 rings (SSSR count). The largest absolute Gasteiger partial charge is 0.308 e. The molecule has 1 aliphatic rings. The van der Waals surface area contributed by atoms with Crippen molar-refractivity contribution in [3.8, 4) is 0 Å². The van der Waals surface area contributed by atoms with E-state index in [0.717, 1.165) is 31.1 Å². The van der Waals surface area contributed by atoms with Crippen LogP contribution in [0.5, 0.6) is 0 Å². The maximum atomic E-state index is 6.44. The zero-order valence-electron chi connectivity index (χ0n) is 12.4. The van der Waals surface area contributed by atoms with Crippen LogP contribution < -0.4 is 5.32 Å². The van der Waals surface area contributed by atoms with Crippen LogP contribution in [0.25, 0.3) is 0 Å². The summed E-state index contributed by atoms with van der Waals surface area (Å²) in [6, 6.07) is 0. The van der Waals surface area contributed by atoms with Crippen LogP contribution in [0.15, 0.2) is 6.20 Å². The lowest BCUT2D eigenvalue weighted by atomic mass is 9.82. The monoisotopic (exact) mass is 284 g/mol. The Bertz CT molecular complexity index is 419. The van der Waals surface area contributed by atoms with Crippen molar-refractivity contribution in [3.05, 3.63) is 16.9 Å². The van der Waals surface area contributed by atoms with Gasteiger partial charge in [0.25, 0.3) is 0 Å². The van der Waals surface area contributed by atoms with Crippen LogP contribution in [0.4, 0.5) is 0 Å². The van der Waals surface area contributed by atoms with E-state index < -0.39 is 0 Å². The number of likely N-dealkylation sites (N-methyl/N-ethyl adjacent to an activating group) is 1. The molecule has 108 valence electrons. The SMILES string of the molecule is CC(C)C1(c2c(Cl)cnn2CCN(C)C)CCCN1. The van der Waals surface area contributed by atoms with Crippen LogP contribution in [0.3, 0.4) is 0 Å². The number of nitrogens with zero attached hydrogens (tertiary/aromatic N) is 3. The van der Waals surface area contributed by atoms with E-state index in [4.69, 9.17) is 11.6 Å². The summed E-state index contributed by atoms with van der Waals surface area (Å²) in [6.45, 7) is 7.44. The van der Waals surface area contributed by atoms with Crippen molar-refractivity contribution in [2.75, 3.05) is 27.2 Å². The summed E-state index contributed by atoms with van der Waals surface area (Å²) in [4.78, 5) is 2.17. The molecule has 1 aromatic heterocycles. The number of aromatic nitrogens is 2. The van der Waals surface area contributed by atoms with Crippen molar-refractivity contribution in [1.29, 1.82) is 0 Å². The molecule has 19 heavy (non-hydrogen) atoms. The molecule has 1 N–H and O–H groups in total. The fourth-order valence-corrected chi connectivity index (χ4v) is 3.32. The number of nitrogens with one attached hydrogen (secondary N) is 1. The highest BCUT2D eigenvalue weighted by Gasteiger charge is 2.42. The minimum Gasteiger partial charge on any atom is -0.308 e. The first-order chi connectivity index (χ1) is 8.97. The van der Waals surface area contributed by atoms with Gasteiger partial charge in [-0.15, -0.1) is 0 Å². The normalized spacial score (nSPS) is 23.7. The molecule has 5 heteroatoms. The Hall–Kier alpha value is -0.580. The molecule has 1 unspecified atom stereocenters. The highest BCUT2D eigenvalue weighted by molar-refractivity contribution is 6.31. The summed E-state index contributed by atoms with van der Waals surface area (Å²) in [6.07, 6.45) is 4.13. The molecule has 0 aromatic carbocycles. The maximum Gasteiger partial charge on any atom is 0.0837 e. The number of hydrogen-bond donors (Lipinski definition) is 1. The predicted octanol–water partition coefficient (Wildman–Crippen LogP) is 2.33. The molecule has 0 radical (unpaired) electrons. The third kappa shape index (κ3) is 2.81. The van der Waals surface area contributed by atoms with Crippen LogP contribution in [-0.4, -0.2) is 41.9 Å². The summed E-state index contributed by atoms with van der Waals surface area (Å²) >= 11 is 6.44. The third-order valence-corrected chi connectivity index (χ3v) is 4.43. The minimum absolute atomic E-state index is 0.0140. The van der Waals surface area contributed by atoms with Gasteiger partial charge in [-0.05, 0) is 39.4 Å². The van der Waals surface area contributed by atoms with Gasteiger partial charge < -0.3 is 10.2 Å². The highest BCUT2D eigenvalue weighted by atomic mass is 35.5. The van der Waals surface area contributed by atoms with Gasteiger partial charge in [0, 0.05) is 6.54 Å². The fraction of sp³-hybridized carbons (Fsp3) is 0.786. The van der Waals surface area contributed by atoms with E-state index in [9.17, 15) is 0 Å². The van der Waals surface area contributed by atoms with Crippen LogP contribution in [0.2, 0.25) is 5.02 Å². The second kappa shape index (κ2) is 5.81. The molecule has 0 aliphatic carbocycles. The molecule has 4 nitrogen and oxygen atoms in total. The van der Waals surface area contributed by atoms with Crippen LogP contribution >= 0.6 is 11.6 Å². The summed E-state index contributed by atoms with van der Waals surface area (Å²) < 4.78 is 2.08. The first kappa shape index (κ1) is 14.8. The van der Waals surface area contributed by atoms with E-state index in [1.165, 1.54) is 12.1 Å². The van der Waals surface area contributed by atoms with E-state index in [0.29, 0.717) is 5.92 Å². The van der Waals surface area contributed by atoms with Crippen molar-refractivity contribution < 1.29 is 0 Å². The van der Waals surface area contributed by atoms with Gasteiger partial charge in [0.1, 0.15) is 0 Å². The Morgan fingerprint density at radius 1 is 1.53 bits per heavy atom. The molecule has 0 amide bonds. The van der Waals surface area contributed by atoms with Crippen molar-refractivity contribution in [2.24, 2.45) is 5.92 Å². The Labute approximate surface area is 121 Å². The standard InChI is InChI=1S/C14H25ClN4/c1-11(2)14(6-5-7-16-14)13-12(15)10-17-19(13)9-8-18(3)4/h10-11,16H,5-9H2,1-4H3. The van der Waals surface area contributed by atoms with Gasteiger partial charge in [0.2, 0.25) is 0 Å². The lowest BCUT2D eigenvalue weighted by Crippen LogP contribution is -2.44. The molecule has 1 aromatic rings. The van der Waals surface area contributed by atoms with Gasteiger partial charge in [-0.1, -0.05) is 25.4 Å². The van der Waals surface area contributed by atoms with Gasteiger partial charge in [-0.3, -0.25) is 4.68 Å². The van der Waals surface area contributed by atoms with Gasteiger partial charge in [0.15, 0.2) is 0 Å². The second-order valence-corrected chi connectivity index (χ2v) is 6.43. The van der Waals surface area contributed by atoms with E-state index >= 15 is 0 Å². The van der Waals surface area contributed by atoms with Crippen LogP contribution in [-0.2, 0) is 12.1 Å². The Morgan fingerprint density at radius 2 is 2.26 bits per heavy atom. The predicted molar refractivity (Wildman–Crippen MR) is 79.5 cm³/mol. The number of halogens is 1. The molecular formula is C14H25ClN4. The van der Waals surface area contributed by atoms with Gasteiger partial charge in [-0.25, -0.2) is 0 Å². The average Bonchev–Trinajstić information content (AvgIpc) is 2.93. The average molecular weight is 285 g/mol. The lowest BCUT2D eigenvalue weighted by Gasteiger charge is -2.35. The molecular weight excluding hydrogens is 260 g/mol. The third-order valence-electron chi connectivity index (χ3n) is 4.15. The smallest absolute Gasteiger partial charge is 0.0837 e. The maximum absolute atomic E-state index is 6.44. The lowest BCUT2D eigenvalue weighted by molar-refractivity contribution is 0.250. The molecule has 1 atom stereocenters. The molecule has 2 heterocycles. The van der Waals surface area contributed by atoms with Crippen molar-refractivity contribution in [3.63, 3.8) is 0 Å². The van der Waals surface area contributed by atoms with E-state index in [2.05, 4.69) is 47.9 Å².